The molecule has 0 saturated carbocycles. The van der Waals surface area contributed by atoms with Gasteiger partial charge in [-0.3, -0.25) is 0 Å². The fraction of sp³-hybridized carbons (Fsp3) is 0.143. The SMILES string of the molecule is Fc1c(-c2cccc(C(F)(F)F)c2)cccc1C(F)F. The lowest BCUT2D eigenvalue weighted by atomic mass is 10.00. The van der Waals surface area contributed by atoms with E-state index in [2.05, 4.69) is 0 Å². The van der Waals surface area contributed by atoms with E-state index in [1.54, 1.807) is 0 Å². The summed E-state index contributed by atoms with van der Waals surface area (Å²) in [6.45, 7) is 0. The summed E-state index contributed by atoms with van der Waals surface area (Å²) in [7, 11) is 0. The average molecular weight is 290 g/mol. The summed E-state index contributed by atoms with van der Waals surface area (Å²) in [4.78, 5) is 0. The van der Waals surface area contributed by atoms with Crippen molar-refractivity contribution < 1.29 is 26.3 Å². The predicted molar refractivity (Wildman–Crippen MR) is 61.8 cm³/mol. The highest BCUT2D eigenvalue weighted by Crippen LogP contribution is 2.34. The molecule has 106 valence electrons. The highest BCUT2D eigenvalue weighted by molar-refractivity contribution is 5.66. The zero-order chi connectivity index (χ0) is 14.9. The summed E-state index contributed by atoms with van der Waals surface area (Å²) < 4.78 is 76.8. The first kappa shape index (κ1) is 14.4. The van der Waals surface area contributed by atoms with Gasteiger partial charge >= 0.3 is 6.18 Å². The molecule has 0 aromatic heterocycles. The molecule has 0 nitrogen and oxygen atoms in total. The van der Waals surface area contributed by atoms with E-state index in [9.17, 15) is 26.3 Å². The first-order valence-corrected chi connectivity index (χ1v) is 5.55. The molecule has 0 fully saturated rings. The van der Waals surface area contributed by atoms with Gasteiger partial charge in [0.15, 0.2) is 0 Å². The first-order chi connectivity index (χ1) is 9.30. The van der Waals surface area contributed by atoms with E-state index in [0.717, 1.165) is 30.3 Å². The van der Waals surface area contributed by atoms with Crippen LogP contribution in [0.4, 0.5) is 26.3 Å². The third-order valence-corrected chi connectivity index (χ3v) is 2.76. The van der Waals surface area contributed by atoms with E-state index in [-0.39, 0.29) is 11.1 Å². The number of hydrogen-bond acceptors (Lipinski definition) is 0. The Morgan fingerprint density at radius 1 is 0.900 bits per heavy atom. The van der Waals surface area contributed by atoms with Gasteiger partial charge in [0.1, 0.15) is 5.82 Å². The Balaban J connectivity index is 2.55. The second-order valence-corrected chi connectivity index (χ2v) is 4.09. The molecule has 0 aliphatic heterocycles. The molecule has 2 aromatic carbocycles. The van der Waals surface area contributed by atoms with Gasteiger partial charge in [-0.25, -0.2) is 13.2 Å². The second kappa shape index (κ2) is 5.19. The van der Waals surface area contributed by atoms with E-state index < -0.39 is 29.5 Å². The Hall–Kier alpha value is -1.98. The van der Waals surface area contributed by atoms with Crippen LogP contribution in [0.5, 0.6) is 0 Å². The van der Waals surface area contributed by atoms with Gasteiger partial charge in [0, 0.05) is 5.56 Å². The zero-order valence-electron chi connectivity index (χ0n) is 9.89. The van der Waals surface area contributed by atoms with Crippen molar-refractivity contribution in [1.82, 2.24) is 0 Å². The standard InChI is InChI=1S/C14H8F6/c15-12-10(5-2-6-11(12)13(16)17)8-3-1-4-9(7-8)14(18,19)20/h1-7,13H. The zero-order valence-corrected chi connectivity index (χ0v) is 9.89. The third kappa shape index (κ3) is 2.79. The molecule has 0 atom stereocenters. The largest absolute Gasteiger partial charge is 0.416 e. The number of hydrogen-bond donors (Lipinski definition) is 0. The average Bonchev–Trinajstić information content (AvgIpc) is 2.38. The van der Waals surface area contributed by atoms with E-state index >= 15 is 0 Å². The van der Waals surface area contributed by atoms with Crippen molar-refractivity contribution in [1.29, 1.82) is 0 Å². The highest BCUT2D eigenvalue weighted by Gasteiger charge is 2.30. The van der Waals surface area contributed by atoms with Crippen LogP contribution in [0.3, 0.4) is 0 Å². The van der Waals surface area contributed by atoms with E-state index in [1.807, 2.05) is 0 Å². The van der Waals surface area contributed by atoms with Gasteiger partial charge < -0.3 is 0 Å². The lowest BCUT2D eigenvalue weighted by Crippen LogP contribution is -2.04. The van der Waals surface area contributed by atoms with Gasteiger partial charge in [-0.1, -0.05) is 30.3 Å². The van der Waals surface area contributed by atoms with Crippen LogP contribution in [0.2, 0.25) is 0 Å². The van der Waals surface area contributed by atoms with Crippen LogP contribution < -0.4 is 0 Å². The van der Waals surface area contributed by atoms with Crippen molar-refractivity contribution in [3.63, 3.8) is 0 Å². The molecule has 0 aliphatic carbocycles. The predicted octanol–water partition coefficient (Wildman–Crippen LogP) is 5.45. The number of benzene rings is 2. The summed E-state index contributed by atoms with van der Waals surface area (Å²) >= 11 is 0. The van der Waals surface area contributed by atoms with Gasteiger partial charge in [-0.15, -0.1) is 0 Å². The van der Waals surface area contributed by atoms with Gasteiger partial charge in [0.05, 0.1) is 11.1 Å². The normalized spacial score (nSPS) is 11.9. The summed E-state index contributed by atoms with van der Waals surface area (Å²) in [5.41, 5.74) is -2.18. The van der Waals surface area contributed by atoms with Crippen LogP contribution in [0.25, 0.3) is 11.1 Å². The van der Waals surface area contributed by atoms with Gasteiger partial charge in [0.25, 0.3) is 6.43 Å². The quantitative estimate of drug-likeness (QED) is 0.645. The maximum absolute atomic E-state index is 13.9. The summed E-state index contributed by atoms with van der Waals surface area (Å²) in [6.07, 6.45) is -7.60. The molecule has 0 unspecified atom stereocenters. The molecule has 0 aliphatic rings. The maximum atomic E-state index is 13.9. The molecule has 6 heteroatoms. The lowest BCUT2D eigenvalue weighted by Gasteiger charge is -2.11. The Kier molecular flexibility index (Phi) is 3.74. The monoisotopic (exact) mass is 290 g/mol. The van der Waals surface area contributed by atoms with Crippen molar-refractivity contribution in [2.24, 2.45) is 0 Å². The van der Waals surface area contributed by atoms with Crippen LogP contribution in [0, 0.1) is 5.82 Å². The molecule has 0 heterocycles. The van der Waals surface area contributed by atoms with Crippen LogP contribution in [-0.2, 0) is 6.18 Å². The topological polar surface area (TPSA) is 0 Å². The molecule has 20 heavy (non-hydrogen) atoms. The smallest absolute Gasteiger partial charge is 0.206 e. The van der Waals surface area contributed by atoms with Crippen LogP contribution in [0.1, 0.15) is 17.6 Å². The summed E-state index contributed by atoms with van der Waals surface area (Å²) in [6, 6.07) is 7.15. The molecular weight excluding hydrogens is 282 g/mol. The van der Waals surface area contributed by atoms with E-state index in [1.165, 1.54) is 12.1 Å². The molecule has 2 rings (SSSR count). The van der Waals surface area contributed by atoms with Gasteiger partial charge in [0.2, 0.25) is 0 Å². The molecule has 0 radical (unpaired) electrons. The minimum absolute atomic E-state index is 0.0974. The highest BCUT2D eigenvalue weighted by atomic mass is 19.4. The molecule has 0 amide bonds. The van der Waals surface area contributed by atoms with E-state index in [0.29, 0.717) is 0 Å². The van der Waals surface area contributed by atoms with Crippen molar-refractivity contribution in [2.75, 3.05) is 0 Å². The Labute approximate surface area is 110 Å². The minimum atomic E-state index is -4.58. The molecular formula is C14H8F6. The van der Waals surface area contributed by atoms with Crippen molar-refractivity contribution >= 4 is 0 Å². The Bertz CT molecular complexity index is 615. The van der Waals surface area contributed by atoms with Crippen molar-refractivity contribution in [3.8, 4) is 11.1 Å². The first-order valence-electron chi connectivity index (χ1n) is 5.55. The number of halogens is 6. The van der Waals surface area contributed by atoms with Gasteiger partial charge in [-0.05, 0) is 17.7 Å². The van der Waals surface area contributed by atoms with Crippen LogP contribution in [-0.4, -0.2) is 0 Å². The molecule has 0 N–H and O–H groups in total. The number of rotatable bonds is 2. The van der Waals surface area contributed by atoms with Crippen molar-refractivity contribution in [2.45, 2.75) is 12.6 Å². The fourth-order valence-corrected chi connectivity index (χ4v) is 1.80. The molecule has 0 bridgehead atoms. The van der Waals surface area contributed by atoms with E-state index in [4.69, 9.17) is 0 Å². The Morgan fingerprint density at radius 3 is 2.15 bits per heavy atom. The second-order valence-electron chi connectivity index (χ2n) is 4.09. The van der Waals surface area contributed by atoms with Gasteiger partial charge in [-0.2, -0.15) is 13.2 Å². The molecule has 0 saturated heterocycles. The molecule has 0 spiro atoms. The third-order valence-electron chi connectivity index (χ3n) is 2.76. The van der Waals surface area contributed by atoms with Crippen molar-refractivity contribution in [3.05, 3.63) is 59.4 Å². The number of alkyl halides is 5. The Morgan fingerprint density at radius 2 is 1.55 bits per heavy atom. The minimum Gasteiger partial charge on any atom is -0.206 e. The maximum Gasteiger partial charge on any atom is 0.416 e. The van der Waals surface area contributed by atoms with Crippen LogP contribution in [0.15, 0.2) is 42.5 Å². The molecule has 2 aromatic rings. The van der Waals surface area contributed by atoms with Crippen LogP contribution >= 0.6 is 0 Å². The fourth-order valence-electron chi connectivity index (χ4n) is 1.80. The lowest BCUT2D eigenvalue weighted by molar-refractivity contribution is -0.137. The summed E-state index contributed by atoms with van der Waals surface area (Å²) in [5, 5.41) is 0. The summed E-state index contributed by atoms with van der Waals surface area (Å²) in [5.74, 6) is -1.21.